The molecule has 0 bridgehead atoms. The SMILES string of the molecule is CCN(C)c1ccc(-c2cc(C(=O)NCc3c(SC)cc(C)[nH]c3=O)c(C)c3c2O[C@@](C)(C2CCN(CC(F)F)CC2)O3)cn1. The summed E-state index contributed by atoms with van der Waals surface area (Å²) >= 11 is 1.45. The van der Waals surface area contributed by atoms with E-state index < -0.39 is 12.2 Å². The largest absolute Gasteiger partial charge is 0.448 e. The van der Waals surface area contributed by atoms with Gasteiger partial charge in [0.1, 0.15) is 5.82 Å². The van der Waals surface area contributed by atoms with Gasteiger partial charge >= 0.3 is 0 Å². The molecule has 12 heteroatoms. The fourth-order valence-electron chi connectivity index (χ4n) is 6.07. The Balaban J connectivity index is 1.48. The summed E-state index contributed by atoms with van der Waals surface area (Å²) in [6.45, 7) is 9.24. The number of H-pyrrole nitrogens is 1. The summed E-state index contributed by atoms with van der Waals surface area (Å²) in [6, 6.07) is 7.55. The van der Waals surface area contributed by atoms with Gasteiger partial charge in [0.2, 0.25) is 0 Å². The highest BCUT2D eigenvalue weighted by Gasteiger charge is 2.47. The standard InChI is InChI=1S/C33H41F2N5O4S/c1-7-39(5)28-9-8-21(16-36-28)24-15-23(31(41)37-17-25-26(45-6)14-19(2)38-32(25)42)20(3)29-30(24)44-33(4,43-29)22-10-12-40(13-11-22)18-27(34)35/h8-9,14-16,22,27H,7,10-13,17-18H2,1-6H3,(H,37,41)(H,38,42)/t33-/m0/s1. The monoisotopic (exact) mass is 641 g/mol. The Kier molecular flexibility index (Phi) is 9.74. The molecule has 1 aromatic carbocycles. The van der Waals surface area contributed by atoms with Gasteiger partial charge in [-0.05, 0) is 77.2 Å². The number of hydrogen-bond acceptors (Lipinski definition) is 8. The van der Waals surface area contributed by atoms with E-state index in [0.717, 1.165) is 28.5 Å². The lowest BCUT2D eigenvalue weighted by atomic mass is 9.89. The van der Waals surface area contributed by atoms with Crippen LogP contribution in [0.25, 0.3) is 11.1 Å². The van der Waals surface area contributed by atoms with E-state index in [1.54, 1.807) is 17.2 Å². The first-order chi connectivity index (χ1) is 21.4. The smallest absolute Gasteiger partial charge is 0.254 e. The Labute approximate surface area is 266 Å². The quantitative estimate of drug-likeness (QED) is 0.275. The van der Waals surface area contributed by atoms with Crippen LogP contribution < -0.4 is 25.2 Å². The zero-order chi connectivity index (χ0) is 32.5. The number of rotatable bonds is 10. The first-order valence-electron chi connectivity index (χ1n) is 15.2. The number of ether oxygens (including phenoxy) is 2. The minimum atomic E-state index is -2.37. The number of aromatic amines is 1. The van der Waals surface area contributed by atoms with Crippen LogP contribution in [0.15, 0.2) is 40.2 Å². The predicted octanol–water partition coefficient (Wildman–Crippen LogP) is 5.63. The number of carbonyl (C=O) groups excluding carboxylic acids is 1. The van der Waals surface area contributed by atoms with Crippen molar-refractivity contribution in [2.24, 2.45) is 5.92 Å². The molecule has 45 heavy (non-hydrogen) atoms. The maximum absolute atomic E-state index is 13.8. The molecule has 1 amide bonds. The Morgan fingerprint density at radius 3 is 2.56 bits per heavy atom. The van der Waals surface area contributed by atoms with Crippen LogP contribution in [-0.2, 0) is 6.54 Å². The van der Waals surface area contributed by atoms with Crippen LogP contribution in [0, 0.1) is 19.8 Å². The molecule has 242 valence electrons. The third kappa shape index (κ3) is 6.81. The van der Waals surface area contributed by atoms with Crippen molar-refractivity contribution in [3.05, 3.63) is 63.2 Å². The number of piperidine rings is 1. The molecule has 0 aliphatic carbocycles. The Morgan fingerprint density at radius 1 is 1.22 bits per heavy atom. The van der Waals surface area contributed by atoms with Gasteiger partial charge in [-0.3, -0.25) is 14.5 Å². The van der Waals surface area contributed by atoms with Crippen molar-refractivity contribution in [3.63, 3.8) is 0 Å². The summed E-state index contributed by atoms with van der Waals surface area (Å²) in [5, 5.41) is 2.94. The van der Waals surface area contributed by atoms with Crippen molar-refractivity contribution in [2.75, 3.05) is 44.4 Å². The van der Waals surface area contributed by atoms with Crippen molar-refractivity contribution in [1.29, 1.82) is 0 Å². The predicted molar refractivity (Wildman–Crippen MR) is 173 cm³/mol. The molecule has 1 fully saturated rings. The number of nitrogens with one attached hydrogen (secondary N) is 2. The van der Waals surface area contributed by atoms with Gasteiger partial charge in [0.05, 0.1) is 6.54 Å². The number of thioether (sulfide) groups is 1. The maximum Gasteiger partial charge on any atom is 0.254 e. The number of amides is 1. The normalized spacial score (nSPS) is 18.4. The molecular weight excluding hydrogens is 600 g/mol. The number of aryl methyl sites for hydroxylation is 1. The lowest BCUT2D eigenvalue weighted by Gasteiger charge is -2.38. The number of aromatic nitrogens is 2. The van der Waals surface area contributed by atoms with Gasteiger partial charge in [0.15, 0.2) is 11.5 Å². The average molecular weight is 642 g/mol. The van der Waals surface area contributed by atoms with Crippen LogP contribution >= 0.6 is 11.8 Å². The van der Waals surface area contributed by atoms with Gasteiger partial charge < -0.3 is 24.7 Å². The first-order valence-corrected chi connectivity index (χ1v) is 16.4. The van der Waals surface area contributed by atoms with Gasteiger partial charge in [-0.1, -0.05) is 0 Å². The minimum Gasteiger partial charge on any atom is -0.448 e. The number of carbonyl (C=O) groups is 1. The van der Waals surface area contributed by atoms with Gasteiger partial charge in [-0.15, -0.1) is 11.8 Å². The Hall–Kier alpha value is -3.64. The molecule has 0 unspecified atom stereocenters. The second kappa shape index (κ2) is 13.4. The summed E-state index contributed by atoms with van der Waals surface area (Å²) in [7, 11) is 1.96. The first kappa shape index (κ1) is 32.7. The van der Waals surface area contributed by atoms with Crippen molar-refractivity contribution in [2.45, 2.75) is 64.2 Å². The van der Waals surface area contributed by atoms with E-state index in [9.17, 15) is 18.4 Å². The van der Waals surface area contributed by atoms with E-state index >= 15 is 0 Å². The van der Waals surface area contributed by atoms with Crippen LogP contribution in [0.5, 0.6) is 11.5 Å². The Morgan fingerprint density at radius 2 is 1.93 bits per heavy atom. The lowest BCUT2D eigenvalue weighted by Crippen LogP contribution is -2.49. The molecule has 1 saturated heterocycles. The number of anilines is 1. The highest BCUT2D eigenvalue weighted by molar-refractivity contribution is 7.98. The molecule has 0 radical (unpaired) electrons. The van der Waals surface area contributed by atoms with Gasteiger partial charge in [0.25, 0.3) is 23.7 Å². The summed E-state index contributed by atoms with van der Waals surface area (Å²) in [6.07, 6.45) is 2.56. The van der Waals surface area contributed by atoms with E-state index in [1.807, 2.05) is 64.1 Å². The number of halogens is 2. The van der Waals surface area contributed by atoms with E-state index in [-0.39, 0.29) is 30.5 Å². The average Bonchev–Trinajstić information content (AvgIpc) is 3.39. The van der Waals surface area contributed by atoms with E-state index in [0.29, 0.717) is 59.7 Å². The Bertz CT molecular complexity index is 1610. The van der Waals surface area contributed by atoms with Crippen molar-refractivity contribution in [3.8, 4) is 22.6 Å². The highest BCUT2D eigenvalue weighted by atomic mass is 32.2. The van der Waals surface area contributed by atoms with E-state index in [2.05, 4.69) is 15.3 Å². The zero-order valence-corrected chi connectivity index (χ0v) is 27.4. The molecule has 2 aliphatic heterocycles. The van der Waals surface area contributed by atoms with Crippen molar-refractivity contribution >= 4 is 23.5 Å². The number of fused-ring (bicyclic) bond motifs is 1. The third-order valence-corrected chi connectivity index (χ3v) is 9.67. The number of likely N-dealkylation sites (tertiary alicyclic amines) is 1. The highest BCUT2D eigenvalue weighted by Crippen LogP contribution is 2.52. The summed E-state index contributed by atoms with van der Waals surface area (Å²) < 4.78 is 39.2. The van der Waals surface area contributed by atoms with Crippen LogP contribution in [0.3, 0.4) is 0 Å². The molecule has 4 heterocycles. The maximum atomic E-state index is 13.8. The zero-order valence-electron chi connectivity index (χ0n) is 26.6. The molecule has 9 nitrogen and oxygen atoms in total. The fraction of sp³-hybridized carbons (Fsp3) is 0.485. The molecule has 0 saturated carbocycles. The third-order valence-electron chi connectivity index (χ3n) is 8.86. The van der Waals surface area contributed by atoms with Crippen molar-refractivity contribution < 1.29 is 23.0 Å². The molecular formula is C33H41F2N5O4S. The number of nitrogens with zero attached hydrogens (tertiary/aromatic N) is 3. The number of benzene rings is 1. The van der Waals surface area contributed by atoms with Crippen LogP contribution in [0.4, 0.5) is 14.6 Å². The van der Waals surface area contributed by atoms with Gasteiger partial charge in [0, 0.05) is 77.6 Å². The summed E-state index contributed by atoms with van der Waals surface area (Å²) in [4.78, 5) is 38.5. The molecule has 1 atom stereocenters. The van der Waals surface area contributed by atoms with Crippen LogP contribution in [-0.4, -0.2) is 72.5 Å². The molecule has 0 spiro atoms. The van der Waals surface area contributed by atoms with E-state index in [1.165, 1.54) is 11.8 Å². The number of pyridine rings is 2. The molecule has 2 aliphatic rings. The fourth-order valence-corrected chi connectivity index (χ4v) is 6.77. The van der Waals surface area contributed by atoms with E-state index in [4.69, 9.17) is 9.47 Å². The second-order valence-electron chi connectivity index (χ2n) is 11.9. The second-order valence-corrected chi connectivity index (χ2v) is 12.7. The van der Waals surface area contributed by atoms with Crippen LogP contribution in [0.1, 0.15) is 53.9 Å². The minimum absolute atomic E-state index is 0.0414. The molecule has 3 aromatic rings. The molecule has 5 rings (SSSR count). The molecule has 2 N–H and O–H groups in total. The van der Waals surface area contributed by atoms with Crippen molar-refractivity contribution in [1.82, 2.24) is 20.2 Å². The summed E-state index contributed by atoms with van der Waals surface area (Å²) in [5.74, 6) is 0.388. The topological polar surface area (TPSA) is 99.8 Å². The lowest BCUT2D eigenvalue weighted by molar-refractivity contribution is -0.126. The summed E-state index contributed by atoms with van der Waals surface area (Å²) in [5.41, 5.74) is 3.44. The molecule has 2 aromatic heterocycles. The van der Waals surface area contributed by atoms with Gasteiger partial charge in [-0.25, -0.2) is 13.8 Å². The number of alkyl halides is 2. The van der Waals surface area contributed by atoms with Crippen LogP contribution in [0.2, 0.25) is 0 Å². The number of hydrogen-bond donors (Lipinski definition) is 2. The van der Waals surface area contributed by atoms with Gasteiger partial charge in [-0.2, -0.15) is 0 Å².